The molecule has 18 heteroatoms. The van der Waals surface area contributed by atoms with Crippen LogP contribution < -0.4 is 15.0 Å². The maximum atomic E-state index is 13.0. The Bertz CT molecular complexity index is 1920. The first-order chi connectivity index (χ1) is 22.7. The molecule has 5 rings (SSSR count). The lowest BCUT2D eigenvalue weighted by Gasteiger charge is -2.21. The first-order valence-electron chi connectivity index (χ1n) is 13.6. The van der Waals surface area contributed by atoms with Gasteiger partial charge < -0.3 is 14.8 Å². The molecule has 4 aromatic rings. The van der Waals surface area contributed by atoms with Crippen LogP contribution in [0.2, 0.25) is 0 Å². The Morgan fingerprint density at radius 3 is 2.52 bits per heavy atom. The molecule has 1 fully saturated rings. The highest BCUT2D eigenvalue weighted by Crippen LogP contribution is 2.32. The predicted octanol–water partition coefficient (Wildman–Crippen LogP) is 6.76. The van der Waals surface area contributed by atoms with Gasteiger partial charge in [-0.05, 0) is 61.0 Å². The number of nitrogens with one attached hydrogen (secondary N) is 1. The minimum atomic E-state index is -4.83. The molecule has 1 saturated heterocycles. The Labute approximate surface area is 271 Å². The zero-order valence-electron chi connectivity index (χ0n) is 24.5. The van der Waals surface area contributed by atoms with Crippen molar-refractivity contribution in [2.24, 2.45) is 4.99 Å². The van der Waals surface area contributed by atoms with Crippen molar-refractivity contribution in [3.8, 4) is 28.9 Å². The number of carbonyl (C=O) groups is 2. The third-order valence-corrected chi connectivity index (χ3v) is 7.36. The average Bonchev–Trinajstić information content (AvgIpc) is 3.64. The molecule has 0 aliphatic carbocycles. The number of amidine groups is 1. The van der Waals surface area contributed by atoms with Crippen LogP contribution in [0.25, 0.3) is 17.1 Å². The summed E-state index contributed by atoms with van der Waals surface area (Å²) < 4.78 is 85.2. The van der Waals surface area contributed by atoms with E-state index in [1.807, 2.05) is 6.07 Å². The van der Waals surface area contributed by atoms with Crippen LogP contribution in [0.1, 0.15) is 16.7 Å². The second-order valence-corrected chi connectivity index (χ2v) is 11.0. The number of nitrogens with zero attached hydrogens (tertiary/aromatic N) is 6. The summed E-state index contributed by atoms with van der Waals surface area (Å²) in [5, 5.41) is 16.5. The van der Waals surface area contributed by atoms with E-state index in [1.54, 1.807) is 19.1 Å². The van der Waals surface area contributed by atoms with Crippen molar-refractivity contribution in [2.45, 2.75) is 26.1 Å². The summed E-state index contributed by atoms with van der Waals surface area (Å²) in [5.41, 5.74) is 2.06. The fourth-order valence-corrected chi connectivity index (χ4v) is 5.26. The second kappa shape index (κ2) is 13.8. The van der Waals surface area contributed by atoms with Gasteiger partial charge in [0.05, 0.1) is 35.0 Å². The van der Waals surface area contributed by atoms with Gasteiger partial charge in [0.15, 0.2) is 11.0 Å². The van der Waals surface area contributed by atoms with Crippen molar-refractivity contribution < 1.29 is 45.4 Å². The van der Waals surface area contributed by atoms with E-state index in [0.29, 0.717) is 16.8 Å². The van der Waals surface area contributed by atoms with E-state index in [1.165, 1.54) is 47.4 Å². The number of thioether (sulfide) groups is 1. The highest BCUT2D eigenvalue weighted by Gasteiger charge is 2.33. The number of rotatable bonds is 8. The van der Waals surface area contributed by atoms with Crippen LogP contribution >= 0.6 is 11.8 Å². The first kappa shape index (κ1) is 33.9. The van der Waals surface area contributed by atoms with Crippen LogP contribution in [0, 0.1) is 18.3 Å². The van der Waals surface area contributed by atoms with Crippen molar-refractivity contribution in [1.29, 1.82) is 5.26 Å². The number of carbonyl (C=O) groups excluding carboxylic acids is 2. The molecule has 3 aromatic carbocycles. The number of aliphatic imine (C=N–C) groups is 1. The van der Waals surface area contributed by atoms with Crippen molar-refractivity contribution in [2.75, 3.05) is 22.6 Å². The standard InChI is InChI=1S/C30H21F6N7O4S/c1-17-2-3-19(13-46-15-29(31,32)33)24(10-17)43-25(44)14-48-28(43)40-27(45)39-23-9-4-18(11-20(23)12-37)26-38-16-42(41-26)21-5-7-22(8-6-21)47-30(34,35)36/h2-11,16H,13-15H2,1H3,(H,39,45). The molecule has 3 amide bonds. The number of ether oxygens (including phenoxy) is 2. The summed E-state index contributed by atoms with van der Waals surface area (Å²) in [6, 6.07) is 15.0. The number of aromatic nitrogens is 3. The van der Waals surface area contributed by atoms with Gasteiger partial charge in [0, 0.05) is 11.1 Å². The summed E-state index contributed by atoms with van der Waals surface area (Å²) in [4.78, 5) is 35.1. The third kappa shape index (κ3) is 8.49. The molecule has 0 spiro atoms. The number of benzene rings is 3. The van der Waals surface area contributed by atoms with E-state index in [0.717, 1.165) is 28.8 Å². The second-order valence-electron chi connectivity index (χ2n) is 10.0. The third-order valence-electron chi connectivity index (χ3n) is 6.43. The fourth-order valence-electron chi connectivity index (χ4n) is 4.40. The molecule has 0 bridgehead atoms. The molecule has 1 aromatic heterocycles. The lowest BCUT2D eigenvalue weighted by atomic mass is 10.1. The number of anilines is 2. The van der Waals surface area contributed by atoms with Crippen LogP contribution in [0.4, 0.5) is 42.5 Å². The minimum absolute atomic E-state index is 0.0147. The monoisotopic (exact) mass is 689 g/mol. The van der Waals surface area contributed by atoms with Gasteiger partial charge >= 0.3 is 18.6 Å². The van der Waals surface area contributed by atoms with Gasteiger partial charge in [-0.3, -0.25) is 9.69 Å². The molecule has 1 N–H and O–H groups in total. The van der Waals surface area contributed by atoms with Crippen molar-refractivity contribution in [1.82, 2.24) is 14.8 Å². The van der Waals surface area contributed by atoms with E-state index < -0.39 is 43.4 Å². The van der Waals surface area contributed by atoms with Crippen LogP contribution in [0.15, 0.2) is 72.0 Å². The Balaban J connectivity index is 1.32. The summed E-state index contributed by atoms with van der Waals surface area (Å²) in [6.07, 6.45) is -8.05. The van der Waals surface area contributed by atoms with Crippen LogP contribution in [-0.2, 0) is 16.1 Å². The minimum Gasteiger partial charge on any atom is -0.406 e. The SMILES string of the molecule is Cc1ccc(COCC(F)(F)F)c(N2C(=O)CSC2=NC(=O)Nc2ccc(-c3ncn(-c4ccc(OC(F)(F)F)cc4)n3)cc2C#N)c1. The summed E-state index contributed by atoms with van der Waals surface area (Å²) in [7, 11) is 0. The molecular formula is C30H21F6N7O4S. The van der Waals surface area contributed by atoms with Gasteiger partial charge in [0.2, 0.25) is 5.91 Å². The fraction of sp³-hybridized carbons (Fsp3) is 0.200. The molecule has 0 atom stereocenters. The largest absolute Gasteiger partial charge is 0.573 e. The molecule has 1 aliphatic rings. The average molecular weight is 690 g/mol. The molecule has 0 radical (unpaired) electrons. The molecule has 0 saturated carbocycles. The Kier molecular flexibility index (Phi) is 9.72. The predicted molar refractivity (Wildman–Crippen MR) is 161 cm³/mol. The van der Waals surface area contributed by atoms with Gasteiger partial charge in [-0.25, -0.2) is 14.5 Å². The van der Waals surface area contributed by atoms with Crippen LogP contribution in [-0.4, -0.2) is 56.8 Å². The molecule has 2 heterocycles. The lowest BCUT2D eigenvalue weighted by Crippen LogP contribution is -2.31. The molecule has 1 aliphatic heterocycles. The van der Waals surface area contributed by atoms with Gasteiger partial charge in [-0.2, -0.15) is 23.4 Å². The zero-order valence-corrected chi connectivity index (χ0v) is 25.3. The maximum Gasteiger partial charge on any atom is 0.573 e. The normalized spacial score (nSPS) is 14.3. The van der Waals surface area contributed by atoms with E-state index in [-0.39, 0.29) is 39.2 Å². The highest BCUT2D eigenvalue weighted by molar-refractivity contribution is 8.15. The summed E-state index contributed by atoms with van der Waals surface area (Å²) in [6.45, 7) is -0.206. The highest BCUT2D eigenvalue weighted by atomic mass is 32.2. The number of alkyl halides is 6. The molecule has 48 heavy (non-hydrogen) atoms. The number of hydrogen-bond acceptors (Lipinski definition) is 8. The number of nitriles is 1. The van der Waals surface area contributed by atoms with Crippen LogP contribution in [0.5, 0.6) is 5.75 Å². The number of hydrogen-bond donors (Lipinski definition) is 1. The topological polar surface area (TPSA) is 135 Å². The lowest BCUT2D eigenvalue weighted by molar-refractivity contribution is -0.274. The van der Waals surface area contributed by atoms with Crippen molar-refractivity contribution >= 4 is 40.2 Å². The number of urea groups is 1. The number of aryl methyl sites for hydroxylation is 1. The number of halogens is 6. The molecule has 248 valence electrons. The van der Waals surface area contributed by atoms with E-state index in [9.17, 15) is 41.2 Å². The molecular weight excluding hydrogens is 668 g/mol. The van der Waals surface area contributed by atoms with Crippen molar-refractivity contribution in [3.63, 3.8) is 0 Å². The van der Waals surface area contributed by atoms with Gasteiger partial charge in [-0.15, -0.1) is 18.3 Å². The van der Waals surface area contributed by atoms with Crippen molar-refractivity contribution in [3.05, 3.63) is 83.7 Å². The van der Waals surface area contributed by atoms with Crippen LogP contribution in [0.3, 0.4) is 0 Å². The first-order valence-corrected chi connectivity index (χ1v) is 14.6. The maximum absolute atomic E-state index is 13.0. The van der Waals surface area contributed by atoms with E-state index >= 15 is 0 Å². The van der Waals surface area contributed by atoms with E-state index in [2.05, 4.69) is 25.1 Å². The molecule has 0 unspecified atom stereocenters. The summed E-state index contributed by atoms with van der Waals surface area (Å²) >= 11 is 0.952. The quantitative estimate of drug-likeness (QED) is 0.201. The Morgan fingerprint density at radius 2 is 1.83 bits per heavy atom. The van der Waals surface area contributed by atoms with Gasteiger partial charge in [0.25, 0.3) is 0 Å². The Hall–Kier alpha value is -5.41. The zero-order chi connectivity index (χ0) is 34.6. The smallest absolute Gasteiger partial charge is 0.406 e. The number of amides is 3. The Morgan fingerprint density at radius 1 is 1.08 bits per heavy atom. The van der Waals surface area contributed by atoms with Gasteiger partial charge in [-0.1, -0.05) is 23.9 Å². The van der Waals surface area contributed by atoms with E-state index in [4.69, 9.17) is 4.74 Å². The van der Waals surface area contributed by atoms with Gasteiger partial charge in [0.1, 0.15) is 24.8 Å². The molecule has 11 nitrogen and oxygen atoms in total. The summed E-state index contributed by atoms with van der Waals surface area (Å²) in [5.74, 6) is -0.765.